The maximum Gasteiger partial charge on any atom is 0.433 e. The van der Waals surface area contributed by atoms with E-state index < -0.39 is 4.92 Å². The van der Waals surface area contributed by atoms with Crippen molar-refractivity contribution in [3.8, 4) is 0 Å². The number of nitro groups is 1. The van der Waals surface area contributed by atoms with Crippen molar-refractivity contribution < 1.29 is 14.4 Å². The van der Waals surface area contributed by atoms with Crippen LogP contribution in [0.5, 0.6) is 0 Å². The summed E-state index contributed by atoms with van der Waals surface area (Å²) < 4.78 is 5.20. The Kier molecular flexibility index (Phi) is 2.83. The molecule has 3 rings (SSSR count). The molecule has 6 heteroatoms. The van der Waals surface area contributed by atoms with Crippen LogP contribution < -0.4 is 0 Å². The molecule has 18 heavy (non-hydrogen) atoms. The first-order chi connectivity index (χ1) is 8.63. The SMILES string of the molecule is O=[N+]([O-])c1ccc(CN2C3CCC2CC(O)C3)o1. The number of aliphatic hydroxyl groups excluding tert-OH is 1. The molecule has 0 radical (unpaired) electrons. The Hall–Kier alpha value is -1.40. The molecule has 0 amide bonds. The Balaban J connectivity index is 1.71. The number of furan rings is 1. The van der Waals surface area contributed by atoms with Gasteiger partial charge in [0.15, 0.2) is 0 Å². The van der Waals surface area contributed by atoms with Crippen molar-refractivity contribution in [1.29, 1.82) is 0 Å². The molecule has 2 aliphatic rings. The molecule has 0 aromatic carbocycles. The number of aliphatic hydroxyl groups is 1. The maximum atomic E-state index is 10.6. The first kappa shape index (κ1) is 11.7. The lowest BCUT2D eigenvalue weighted by Gasteiger charge is -2.36. The molecule has 0 aliphatic carbocycles. The van der Waals surface area contributed by atoms with Gasteiger partial charge in [-0.05, 0) is 31.7 Å². The zero-order valence-electron chi connectivity index (χ0n) is 9.99. The van der Waals surface area contributed by atoms with E-state index in [1.165, 1.54) is 6.07 Å². The summed E-state index contributed by atoms with van der Waals surface area (Å²) in [6.07, 6.45) is 3.62. The molecular weight excluding hydrogens is 236 g/mol. The van der Waals surface area contributed by atoms with Crippen LogP contribution in [0.25, 0.3) is 0 Å². The van der Waals surface area contributed by atoms with E-state index in [2.05, 4.69) is 4.90 Å². The average molecular weight is 252 g/mol. The molecule has 98 valence electrons. The quantitative estimate of drug-likeness (QED) is 0.654. The second kappa shape index (κ2) is 4.37. The zero-order chi connectivity index (χ0) is 12.7. The first-order valence-corrected chi connectivity index (χ1v) is 6.30. The Labute approximate surface area is 104 Å². The largest absolute Gasteiger partial charge is 0.433 e. The van der Waals surface area contributed by atoms with Crippen LogP contribution in [0.15, 0.2) is 16.5 Å². The van der Waals surface area contributed by atoms with Crippen LogP contribution >= 0.6 is 0 Å². The molecule has 2 bridgehead atoms. The highest BCUT2D eigenvalue weighted by atomic mass is 16.6. The van der Waals surface area contributed by atoms with Crippen LogP contribution in [0.4, 0.5) is 5.88 Å². The highest BCUT2D eigenvalue weighted by Crippen LogP contribution is 2.37. The van der Waals surface area contributed by atoms with Gasteiger partial charge in [-0.25, -0.2) is 0 Å². The fourth-order valence-corrected chi connectivity index (χ4v) is 3.23. The van der Waals surface area contributed by atoms with Crippen molar-refractivity contribution in [2.75, 3.05) is 0 Å². The number of hydrogen-bond donors (Lipinski definition) is 1. The third kappa shape index (κ3) is 2.02. The Morgan fingerprint density at radius 1 is 1.39 bits per heavy atom. The highest BCUT2D eigenvalue weighted by Gasteiger charge is 2.40. The molecule has 2 aliphatic heterocycles. The topological polar surface area (TPSA) is 79.8 Å². The van der Waals surface area contributed by atoms with Crippen LogP contribution in [0, 0.1) is 10.1 Å². The molecule has 2 atom stereocenters. The Bertz CT molecular complexity index is 445. The summed E-state index contributed by atoms with van der Waals surface area (Å²) in [7, 11) is 0. The van der Waals surface area contributed by atoms with Gasteiger partial charge < -0.3 is 9.52 Å². The van der Waals surface area contributed by atoms with Gasteiger partial charge in [0.2, 0.25) is 0 Å². The Morgan fingerprint density at radius 3 is 2.61 bits per heavy atom. The fourth-order valence-electron chi connectivity index (χ4n) is 3.23. The minimum atomic E-state index is -0.516. The van der Waals surface area contributed by atoms with Crippen LogP contribution in [-0.4, -0.2) is 33.1 Å². The lowest BCUT2D eigenvalue weighted by atomic mass is 10.00. The summed E-state index contributed by atoms with van der Waals surface area (Å²) >= 11 is 0. The predicted octanol–water partition coefficient (Wildman–Crippen LogP) is 1.68. The second-order valence-electron chi connectivity index (χ2n) is 5.18. The number of rotatable bonds is 3. The van der Waals surface area contributed by atoms with Crippen molar-refractivity contribution in [3.05, 3.63) is 28.0 Å². The van der Waals surface area contributed by atoms with E-state index in [0.29, 0.717) is 24.4 Å². The lowest BCUT2D eigenvalue weighted by molar-refractivity contribution is -0.402. The minimum absolute atomic E-state index is 0.190. The second-order valence-corrected chi connectivity index (χ2v) is 5.18. The van der Waals surface area contributed by atoms with Gasteiger partial charge in [0, 0.05) is 12.1 Å². The van der Waals surface area contributed by atoms with Gasteiger partial charge in [-0.3, -0.25) is 15.0 Å². The van der Waals surface area contributed by atoms with Crippen LogP contribution in [0.1, 0.15) is 31.4 Å². The summed E-state index contributed by atoms with van der Waals surface area (Å²) in [6, 6.07) is 3.85. The van der Waals surface area contributed by atoms with E-state index >= 15 is 0 Å². The maximum absolute atomic E-state index is 10.6. The summed E-state index contributed by atoms with van der Waals surface area (Å²) in [4.78, 5) is 12.4. The lowest BCUT2D eigenvalue weighted by Crippen LogP contribution is -2.43. The molecule has 6 nitrogen and oxygen atoms in total. The summed E-state index contributed by atoms with van der Waals surface area (Å²) in [5.41, 5.74) is 0. The van der Waals surface area contributed by atoms with Crippen molar-refractivity contribution in [1.82, 2.24) is 4.90 Å². The van der Waals surface area contributed by atoms with Gasteiger partial charge in [-0.1, -0.05) is 0 Å². The number of piperidine rings is 1. The standard InChI is InChI=1S/C12H16N2O4/c15-10-5-8-1-2-9(6-10)13(8)7-11-3-4-12(18-11)14(16)17/h3-4,8-10,15H,1-2,5-7H2. The third-order valence-electron chi connectivity index (χ3n) is 4.03. The van der Waals surface area contributed by atoms with Gasteiger partial charge in [0.25, 0.3) is 0 Å². The summed E-state index contributed by atoms with van der Waals surface area (Å²) in [5, 5.41) is 20.3. The van der Waals surface area contributed by atoms with Crippen LogP contribution in [0.3, 0.4) is 0 Å². The van der Waals surface area contributed by atoms with Gasteiger partial charge in [-0.2, -0.15) is 0 Å². The highest BCUT2D eigenvalue weighted by molar-refractivity contribution is 5.18. The van der Waals surface area contributed by atoms with Gasteiger partial charge in [0.05, 0.1) is 18.7 Å². The van der Waals surface area contributed by atoms with E-state index in [4.69, 9.17) is 4.42 Å². The van der Waals surface area contributed by atoms with E-state index in [-0.39, 0.29) is 12.0 Å². The van der Waals surface area contributed by atoms with Crippen LogP contribution in [0.2, 0.25) is 0 Å². The molecule has 2 fully saturated rings. The molecule has 2 saturated heterocycles. The predicted molar refractivity (Wildman–Crippen MR) is 63.0 cm³/mol. The van der Waals surface area contributed by atoms with E-state index in [1.54, 1.807) is 6.07 Å². The molecule has 3 heterocycles. The monoisotopic (exact) mass is 252 g/mol. The van der Waals surface area contributed by atoms with Gasteiger partial charge in [-0.15, -0.1) is 0 Å². The number of hydrogen-bond acceptors (Lipinski definition) is 5. The van der Waals surface area contributed by atoms with E-state index in [0.717, 1.165) is 25.7 Å². The zero-order valence-corrected chi connectivity index (χ0v) is 9.99. The number of fused-ring (bicyclic) bond motifs is 2. The molecule has 2 unspecified atom stereocenters. The molecule has 1 N–H and O–H groups in total. The smallest absolute Gasteiger partial charge is 0.404 e. The summed E-state index contributed by atoms with van der Waals surface area (Å²) in [6.45, 7) is 0.607. The molecule has 1 aromatic heterocycles. The van der Waals surface area contributed by atoms with Gasteiger partial charge >= 0.3 is 5.88 Å². The first-order valence-electron chi connectivity index (χ1n) is 6.30. The van der Waals surface area contributed by atoms with Crippen molar-refractivity contribution in [3.63, 3.8) is 0 Å². The molecular formula is C12H16N2O4. The van der Waals surface area contributed by atoms with Crippen molar-refractivity contribution >= 4 is 5.88 Å². The fraction of sp³-hybridized carbons (Fsp3) is 0.667. The van der Waals surface area contributed by atoms with Gasteiger partial charge in [0.1, 0.15) is 10.7 Å². The van der Waals surface area contributed by atoms with E-state index in [1.807, 2.05) is 0 Å². The Morgan fingerprint density at radius 2 is 2.06 bits per heavy atom. The van der Waals surface area contributed by atoms with E-state index in [9.17, 15) is 15.2 Å². The number of nitrogens with zero attached hydrogens (tertiary/aromatic N) is 2. The molecule has 1 aromatic rings. The third-order valence-corrected chi connectivity index (χ3v) is 4.03. The van der Waals surface area contributed by atoms with Crippen molar-refractivity contribution in [2.45, 2.75) is 50.4 Å². The average Bonchev–Trinajstić information content (AvgIpc) is 2.85. The normalized spacial score (nSPS) is 31.7. The van der Waals surface area contributed by atoms with Crippen LogP contribution in [-0.2, 0) is 6.54 Å². The molecule has 0 saturated carbocycles. The summed E-state index contributed by atoms with van der Waals surface area (Å²) in [5.74, 6) is 0.435. The minimum Gasteiger partial charge on any atom is -0.404 e. The van der Waals surface area contributed by atoms with Crippen molar-refractivity contribution in [2.24, 2.45) is 0 Å². The molecule has 0 spiro atoms.